The van der Waals surface area contributed by atoms with Crippen molar-refractivity contribution < 1.29 is 4.79 Å². The summed E-state index contributed by atoms with van der Waals surface area (Å²) in [5, 5.41) is 2.87. The fourth-order valence-electron chi connectivity index (χ4n) is 2.03. The first kappa shape index (κ1) is 18.0. The summed E-state index contributed by atoms with van der Waals surface area (Å²) in [4.78, 5) is 15.8. The van der Waals surface area contributed by atoms with Gasteiger partial charge in [0.25, 0.3) is 0 Å². The van der Waals surface area contributed by atoms with E-state index in [1.807, 2.05) is 12.1 Å². The highest BCUT2D eigenvalue weighted by molar-refractivity contribution is 5.81. The number of nitrogens with one attached hydrogen (secondary N) is 1. The molecular formula is C16H27N5O. The molecule has 6 heteroatoms. The molecule has 0 spiro atoms. The van der Waals surface area contributed by atoms with Gasteiger partial charge in [0.15, 0.2) is 5.96 Å². The van der Waals surface area contributed by atoms with E-state index >= 15 is 0 Å². The van der Waals surface area contributed by atoms with Gasteiger partial charge in [-0.3, -0.25) is 9.79 Å². The van der Waals surface area contributed by atoms with Gasteiger partial charge in [0.2, 0.25) is 5.91 Å². The first-order chi connectivity index (χ1) is 10.4. The largest absolute Gasteiger partial charge is 0.370 e. The van der Waals surface area contributed by atoms with Crippen LogP contribution in [0.3, 0.4) is 0 Å². The van der Waals surface area contributed by atoms with Crippen molar-refractivity contribution in [3.8, 4) is 0 Å². The predicted octanol–water partition coefficient (Wildman–Crippen LogP) is 0.807. The molecule has 0 saturated heterocycles. The lowest BCUT2D eigenvalue weighted by Gasteiger charge is -2.13. The molecule has 1 rings (SSSR count). The smallest absolute Gasteiger partial charge is 0.237 e. The van der Waals surface area contributed by atoms with Gasteiger partial charge in [0.1, 0.15) is 0 Å². The van der Waals surface area contributed by atoms with Crippen molar-refractivity contribution in [1.29, 1.82) is 0 Å². The van der Waals surface area contributed by atoms with Crippen LogP contribution in [0.5, 0.6) is 0 Å². The van der Waals surface area contributed by atoms with Crippen LogP contribution in [-0.4, -0.2) is 24.5 Å². The molecule has 1 aromatic carbocycles. The molecule has 122 valence electrons. The van der Waals surface area contributed by atoms with Crippen LogP contribution >= 0.6 is 0 Å². The molecule has 1 aromatic rings. The monoisotopic (exact) mass is 305 g/mol. The van der Waals surface area contributed by atoms with Crippen LogP contribution in [0.2, 0.25) is 0 Å². The van der Waals surface area contributed by atoms with Gasteiger partial charge in [-0.1, -0.05) is 38.1 Å². The Labute approximate surface area is 132 Å². The zero-order valence-corrected chi connectivity index (χ0v) is 13.4. The molecule has 6 nitrogen and oxygen atoms in total. The number of carbonyl (C=O) groups excluding carboxylic acids is 1. The van der Waals surface area contributed by atoms with Gasteiger partial charge in [0.05, 0.1) is 6.04 Å². The number of rotatable bonds is 8. The van der Waals surface area contributed by atoms with Gasteiger partial charge >= 0.3 is 0 Å². The van der Waals surface area contributed by atoms with Crippen LogP contribution in [-0.2, 0) is 11.3 Å². The first-order valence-electron chi connectivity index (χ1n) is 7.57. The molecule has 1 atom stereocenters. The van der Waals surface area contributed by atoms with Crippen LogP contribution in [0.4, 0.5) is 0 Å². The lowest BCUT2D eigenvalue weighted by molar-refractivity contribution is -0.122. The second kappa shape index (κ2) is 9.04. The lowest BCUT2D eigenvalue weighted by atomic mass is 10.0. The SMILES string of the molecule is CC(C)c1cccc(CNC(=O)C(N)CCCN=C(N)N)c1. The number of amides is 1. The fourth-order valence-corrected chi connectivity index (χ4v) is 2.03. The summed E-state index contributed by atoms with van der Waals surface area (Å²) in [7, 11) is 0. The molecule has 0 saturated carbocycles. The Balaban J connectivity index is 2.38. The molecule has 0 aliphatic heterocycles. The maximum absolute atomic E-state index is 11.9. The quantitative estimate of drug-likeness (QED) is 0.323. The second-order valence-corrected chi connectivity index (χ2v) is 5.67. The Morgan fingerprint density at radius 3 is 2.68 bits per heavy atom. The zero-order valence-electron chi connectivity index (χ0n) is 13.4. The second-order valence-electron chi connectivity index (χ2n) is 5.67. The van der Waals surface area contributed by atoms with Gasteiger partial charge in [-0.15, -0.1) is 0 Å². The molecule has 1 unspecified atom stereocenters. The number of nitrogens with two attached hydrogens (primary N) is 3. The van der Waals surface area contributed by atoms with Gasteiger partial charge in [0, 0.05) is 13.1 Å². The normalized spacial score (nSPS) is 12.0. The Bertz CT molecular complexity index is 509. The number of guanidine groups is 1. The Morgan fingerprint density at radius 2 is 2.05 bits per heavy atom. The van der Waals surface area contributed by atoms with Gasteiger partial charge < -0.3 is 22.5 Å². The van der Waals surface area contributed by atoms with Crippen LogP contribution in [0, 0.1) is 0 Å². The van der Waals surface area contributed by atoms with Crippen LogP contribution in [0.15, 0.2) is 29.3 Å². The van der Waals surface area contributed by atoms with Gasteiger partial charge in [-0.2, -0.15) is 0 Å². The van der Waals surface area contributed by atoms with E-state index in [1.165, 1.54) is 5.56 Å². The van der Waals surface area contributed by atoms with Crippen molar-refractivity contribution in [1.82, 2.24) is 5.32 Å². The Hall–Kier alpha value is -2.08. The maximum Gasteiger partial charge on any atom is 0.237 e. The molecule has 0 aliphatic carbocycles. The summed E-state index contributed by atoms with van der Waals surface area (Å²) in [6.07, 6.45) is 1.23. The number of carbonyl (C=O) groups is 1. The average molecular weight is 305 g/mol. The Kier molecular flexibility index (Phi) is 7.39. The minimum absolute atomic E-state index is 0.0584. The third-order valence-corrected chi connectivity index (χ3v) is 3.39. The predicted molar refractivity (Wildman–Crippen MR) is 90.3 cm³/mol. The van der Waals surface area contributed by atoms with Crippen molar-refractivity contribution in [2.24, 2.45) is 22.2 Å². The molecule has 0 aromatic heterocycles. The van der Waals surface area contributed by atoms with Crippen molar-refractivity contribution in [2.75, 3.05) is 6.54 Å². The van der Waals surface area contributed by atoms with Crippen molar-refractivity contribution >= 4 is 11.9 Å². The molecule has 0 aliphatic rings. The molecule has 0 radical (unpaired) electrons. The van der Waals surface area contributed by atoms with E-state index in [0.717, 1.165) is 5.56 Å². The van der Waals surface area contributed by atoms with E-state index in [4.69, 9.17) is 17.2 Å². The molecule has 0 heterocycles. The minimum Gasteiger partial charge on any atom is -0.370 e. The van der Waals surface area contributed by atoms with Crippen molar-refractivity contribution in [3.05, 3.63) is 35.4 Å². The van der Waals surface area contributed by atoms with E-state index in [-0.39, 0.29) is 11.9 Å². The van der Waals surface area contributed by atoms with E-state index in [0.29, 0.717) is 31.8 Å². The maximum atomic E-state index is 11.9. The van der Waals surface area contributed by atoms with Crippen LogP contribution in [0.25, 0.3) is 0 Å². The highest BCUT2D eigenvalue weighted by Gasteiger charge is 2.12. The summed E-state index contributed by atoms with van der Waals surface area (Å²) in [6.45, 7) is 5.26. The molecule has 0 bridgehead atoms. The Morgan fingerprint density at radius 1 is 1.32 bits per heavy atom. The summed E-state index contributed by atoms with van der Waals surface area (Å²) in [6, 6.07) is 7.66. The third-order valence-electron chi connectivity index (χ3n) is 3.39. The topological polar surface area (TPSA) is 120 Å². The van der Waals surface area contributed by atoms with E-state index in [1.54, 1.807) is 0 Å². The first-order valence-corrected chi connectivity index (χ1v) is 7.57. The number of hydrogen-bond acceptors (Lipinski definition) is 3. The number of nitrogens with zero attached hydrogens (tertiary/aromatic N) is 1. The molecule has 0 fully saturated rings. The van der Waals surface area contributed by atoms with Gasteiger partial charge in [-0.05, 0) is 29.9 Å². The van der Waals surface area contributed by atoms with Crippen LogP contribution in [0.1, 0.15) is 43.7 Å². The van der Waals surface area contributed by atoms with E-state index in [2.05, 4.69) is 36.3 Å². The lowest BCUT2D eigenvalue weighted by Crippen LogP contribution is -2.40. The number of benzene rings is 1. The summed E-state index contributed by atoms with van der Waals surface area (Å²) in [5.74, 6) is 0.371. The van der Waals surface area contributed by atoms with E-state index in [9.17, 15) is 4.79 Å². The summed E-state index contributed by atoms with van der Waals surface area (Å²) >= 11 is 0. The van der Waals surface area contributed by atoms with Crippen molar-refractivity contribution in [3.63, 3.8) is 0 Å². The average Bonchev–Trinajstić information content (AvgIpc) is 2.49. The highest BCUT2D eigenvalue weighted by Crippen LogP contribution is 2.15. The highest BCUT2D eigenvalue weighted by atomic mass is 16.2. The standard InChI is InChI=1S/C16H27N5O/c1-11(2)13-6-3-5-12(9-13)10-21-15(22)14(17)7-4-8-20-16(18)19/h3,5-6,9,11,14H,4,7-8,10,17H2,1-2H3,(H,21,22)(H4,18,19,20). The van der Waals surface area contributed by atoms with Gasteiger partial charge in [-0.25, -0.2) is 0 Å². The minimum atomic E-state index is -0.539. The molecule has 7 N–H and O–H groups in total. The third kappa shape index (κ3) is 6.58. The van der Waals surface area contributed by atoms with Crippen LogP contribution < -0.4 is 22.5 Å². The van der Waals surface area contributed by atoms with E-state index < -0.39 is 6.04 Å². The molecular weight excluding hydrogens is 278 g/mol. The summed E-state index contributed by atoms with van der Waals surface area (Å²) in [5.41, 5.74) is 18.7. The van der Waals surface area contributed by atoms with Crippen molar-refractivity contribution in [2.45, 2.75) is 45.2 Å². The number of aliphatic imine (C=N–C) groups is 1. The molecule has 1 amide bonds. The fraction of sp³-hybridized carbons (Fsp3) is 0.500. The zero-order chi connectivity index (χ0) is 16.5. The molecule has 22 heavy (non-hydrogen) atoms. The number of hydrogen-bond donors (Lipinski definition) is 4. The summed E-state index contributed by atoms with van der Waals surface area (Å²) < 4.78 is 0.